The lowest BCUT2D eigenvalue weighted by Gasteiger charge is -2.33. The van der Waals surface area contributed by atoms with E-state index in [1.54, 1.807) is 42.9 Å². The zero-order valence-corrected chi connectivity index (χ0v) is 20.9. The van der Waals surface area contributed by atoms with E-state index in [9.17, 15) is 9.18 Å². The van der Waals surface area contributed by atoms with Gasteiger partial charge in [-0.3, -0.25) is 9.69 Å². The lowest BCUT2D eigenvalue weighted by atomic mass is 10.2. The number of imidazole rings is 1. The number of nitrogens with zero attached hydrogens (tertiary/aromatic N) is 8. The molecule has 4 aromatic heterocycles. The van der Waals surface area contributed by atoms with Gasteiger partial charge in [-0.2, -0.15) is 0 Å². The van der Waals surface area contributed by atoms with E-state index in [4.69, 9.17) is 4.74 Å². The zero-order valence-electron chi connectivity index (χ0n) is 20.9. The Bertz CT molecular complexity index is 1410. The molecule has 0 saturated carbocycles. The molecule has 12 heteroatoms. The van der Waals surface area contributed by atoms with Crippen LogP contribution in [0.25, 0.3) is 22.4 Å². The summed E-state index contributed by atoms with van der Waals surface area (Å²) in [5.74, 6) is 1.24. The lowest BCUT2D eigenvalue weighted by molar-refractivity contribution is -0.121. The Hall–Kier alpha value is -4.19. The number of anilines is 3. The third-order valence-electron chi connectivity index (χ3n) is 6.20. The number of aromatic nitrogens is 6. The van der Waals surface area contributed by atoms with Crippen LogP contribution in [0.3, 0.4) is 0 Å². The molecule has 1 fully saturated rings. The van der Waals surface area contributed by atoms with E-state index < -0.39 is 6.67 Å². The van der Waals surface area contributed by atoms with Gasteiger partial charge in [-0.15, -0.1) is 0 Å². The van der Waals surface area contributed by atoms with Crippen molar-refractivity contribution < 1.29 is 13.9 Å². The van der Waals surface area contributed by atoms with Crippen LogP contribution in [0.15, 0.2) is 43.0 Å². The highest BCUT2D eigenvalue weighted by atomic mass is 19.1. The SMILES string of the molecule is COc1nc(-c2ccnc(Nc3ccc(N4CCN(CCF)CC4=O)cn3)n2)cc2c1ncn2C(C)C. The third kappa shape index (κ3) is 5.05. The standard InChI is InChI=1S/C25H28FN9O2/c1-16(2)35-15-29-23-20(35)12-19(30-24(23)37-3)18-6-8-27-25(31-18)32-21-5-4-17(13-28-21)34-11-10-33(9-7-26)14-22(34)36/h4-6,8,12-13,15-16H,7,9-11,14H2,1-3H3,(H,27,28,31,32). The molecule has 1 N–H and O–H groups in total. The van der Waals surface area contributed by atoms with Gasteiger partial charge in [0.15, 0.2) is 5.52 Å². The van der Waals surface area contributed by atoms with Gasteiger partial charge in [-0.05, 0) is 38.1 Å². The largest absolute Gasteiger partial charge is 0.479 e. The molecule has 1 amide bonds. The summed E-state index contributed by atoms with van der Waals surface area (Å²) >= 11 is 0. The molecule has 0 radical (unpaired) electrons. The Morgan fingerprint density at radius 2 is 1.97 bits per heavy atom. The Kier molecular flexibility index (Phi) is 6.91. The number of fused-ring (bicyclic) bond motifs is 1. The van der Waals surface area contributed by atoms with E-state index in [-0.39, 0.29) is 25.0 Å². The minimum atomic E-state index is -0.459. The van der Waals surface area contributed by atoms with Gasteiger partial charge < -0.3 is 19.5 Å². The maximum Gasteiger partial charge on any atom is 0.242 e. The number of hydrogen-bond acceptors (Lipinski definition) is 9. The van der Waals surface area contributed by atoms with Crippen LogP contribution in [-0.2, 0) is 4.79 Å². The third-order valence-corrected chi connectivity index (χ3v) is 6.20. The number of rotatable bonds is 8. The fourth-order valence-electron chi connectivity index (χ4n) is 4.29. The molecule has 192 valence electrons. The van der Waals surface area contributed by atoms with Gasteiger partial charge in [0.25, 0.3) is 0 Å². The van der Waals surface area contributed by atoms with E-state index in [0.29, 0.717) is 53.3 Å². The number of alkyl halides is 1. The number of halogens is 1. The highest BCUT2D eigenvalue weighted by molar-refractivity contribution is 5.95. The molecule has 1 aliphatic heterocycles. The number of carbonyl (C=O) groups is 1. The topological polar surface area (TPSA) is 114 Å². The van der Waals surface area contributed by atoms with E-state index in [0.717, 1.165) is 5.52 Å². The average molecular weight is 506 g/mol. The van der Waals surface area contributed by atoms with Crippen LogP contribution in [0, 0.1) is 0 Å². The highest BCUT2D eigenvalue weighted by Crippen LogP contribution is 2.29. The predicted molar refractivity (Wildman–Crippen MR) is 138 cm³/mol. The summed E-state index contributed by atoms with van der Waals surface area (Å²) in [4.78, 5) is 38.4. The van der Waals surface area contributed by atoms with Gasteiger partial charge in [-0.1, -0.05) is 0 Å². The van der Waals surface area contributed by atoms with Crippen LogP contribution in [0.4, 0.5) is 21.8 Å². The summed E-state index contributed by atoms with van der Waals surface area (Å²) in [6.45, 7) is 5.31. The van der Waals surface area contributed by atoms with Gasteiger partial charge in [0.1, 0.15) is 12.5 Å². The van der Waals surface area contributed by atoms with Gasteiger partial charge in [0.2, 0.25) is 17.7 Å². The summed E-state index contributed by atoms with van der Waals surface area (Å²) in [5, 5.41) is 3.11. The van der Waals surface area contributed by atoms with Gasteiger partial charge in [0.05, 0.1) is 48.8 Å². The Morgan fingerprint density at radius 1 is 1.11 bits per heavy atom. The molecule has 1 saturated heterocycles. The number of carbonyl (C=O) groups excluding carboxylic acids is 1. The van der Waals surface area contributed by atoms with Crippen molar-refractivity contribution in [1.82, 2.24) is 34.4 Å². The minimum absolute atomic E-state index is 0.0723. The Labute approximate surface area is 213 Å². The van der Waals surface area contributed by atoms with Crippen LogP contribution in [0.1, 0.15) is 19.9 Å². The van der Waals surface area contributed by atoms with Gasteiger partial charge >= 0.3 is 0 Å². The molecule has 37 heavy (non-hydrogen) atoms. The van der Waals surface area contributed by atoms with E-state index in [1.807, 2.05) is 17.0 Å². The molecule has 4 aromatic rings. The van der Waals surface area contributed by atoms with Crippen molar-refractivity contribution in [2.75, 3.05) is 50.2 Å². The first kappa shape index (κ1) is 24.5. The molecule has 0 bridgehead atoms. The number of hydrogen-bond donors (Lipinski definition) is 1. The smallest absolute Gasteiger partial charge is 0.242 e. The first-order valence-corrected chi connectivity index (χ1v) is 12.0. The van der Waals surface area contributed by atoms with Crippen molar-refractivity contribution in [3.8, 4) is 17.3 Å². The van der Waals surface area contributed by atoms with Crippen molar-refractivity contribution in [3.05, 3.63) is 43.0 Å². The summed E-state index contributed by atoms with van der Waals surface area (Å²) < 4.78 is 20.1. The fourth-order valence-corrected chi connectivity index (χ4v) is 4.29. The van der Waals surface area contributed by atoms with Gasteiger partial charge in [-0.25, -0.2) is 29.3 Å². The number of pyridine rings is 2. The molecule has 0 spiro atoms. The molecular weight excluding hydrogens is 477 g/mol. The summed E-state index contributed by atoms with van der Waals surface area (Å²) in [6, 6.07) is 7.51. The van der Waals surface area contributed by atoms with Crippen LogP contribution in [0.2, 0.25) is 0 Å². The average Bonchev–Trinajstić information content (AvgIpc) is 3.34. The monoisotopic (exact) mass is 505 g/mol. The number of methoxy groups -OCH3 is 1. The van der Waals surface area contributed by atoms with E-state index in [2.05, 4.69) is 48.7 Å². The van der Waals surface area contributed by atoms with Crippen LogP contribution >= 0.6 is 0 Å². The predicted octanol–water partition coefficient (Wildman–Crippen LogP) is 3.23. The molecule has 11 nitrogen and oxygen atoms in total. The molecule has 5 rings (SSSR count). The first-order valence-electron chi connectivity index (χ1n) is 12.0. The molecular formula is C25H28FN9O2. The minimum Gasteiger partial charge on any atom is -0.479 e. The molecule has 0 aromatic carbocycles. The molecule has 0 unspecified atom stereocenters. The van der Waals surface area contributed by atoms with Gasteiger partial charge in [0, 0.05) is 31.9 Å². The number of amides is 1. The zero-order chi connectivity index (χ0) is 25.9. The fraction of sp³-hybridized carbons (Fsp3) is 0.360. The number of nitrogens with one attached hydrogen (secondary N) is 1. The van der Waals surface area contributed by atoms with Crippen molar-refractivity contribution in [2.45, 2.75) is 19.9 Å². The van der Waals surface area contributed by atoms with Crippen molar-refractivity contribution in [3.63, 3.8) is 0 Å². The second-order valence-corrected chi connectivity index (χ2v) is 8.93. The molecule has 1 aliphatic rings. The normalized spacial score (nSPS) is 14.5. The summed E-state index contributed by atoms with van der Waals surface area (Å²) in [7, 11) is 1.57. The van der Waals surface area contributed by atoms with Crippen LogP contribution < -0.4 is 15.0 Å². The Balaban J connectivity index is 1.35. The quantitative estimate of drug-likeness (QED) is 0.385. The second-order valence-electron chi connectivity index (χ2n) is 8.93. The maximum atomic E-state index is 12.6. The second kappa shape index (κ2) is 10.4. The number of piperazine rings is 1. The Morgan fingerprint density at radius 3 is 2.68 bits per heavy atom. The highest BCUT2D eigenvalue weighted by Gasteiger charge is 2.25. The van der Waals surface area contributed by atoms with Crippen LogP contribution in [0.5, 0.6) is 5.88 Å². The lowest BCUT2D eigenvalue weighted by Crippen LogP contribution is -2.51. The van der Waals surface area contributed by atoms with Crippen molar-refractivity contribution >= 4 is 34.4 Å². The summed E-state index contributed by atoms with van der Waals surface area (Å²) in [5.41, 5.74) is 3.53. The number of ether oxygens (including phenoxy) is 1. The first-order chi connectivity index (χ1) is 18.0. The van der Waals surface area contributed by atoms with E-state index >= 15 is 0 Å². The molecule has 0 aliphatic carbocycles. The van der Waals surface area contributed by atoms with Crippen molar-refractivity contribution in [2.24, 2.45) is 0 Å². The van der Waals surface area contributed by atoms with E-state index in [1.165, 1.54) is 0 Å². The van der Waals surface area contributed by atoms with Crippen molar-refractivity contribution in [1.29, 1.82) is 0 Å². The maximum absolute atomic E-state index is 12.6. The van der Waals surface area contributed by atoms with Crippen LogP contribution in [-0.4, -0.2) is 80.3 Å². The molecule has 0 atom stereocenters. The molecule has 5 heterocycles. The summed E-state index contributed by atoms with van der Waals surface area (Å²) in [6.07, 6.45) is 5.05.